The number of nitrogens with one attached hydrogen (secondary N) is 3. The summed E-state index contributed by atoms with van der Waals surface area (Å²) in [6, 6.07) is 9.24. The number of sulfonamides is 1. The van der Waals surface area contributed by atoms with Gasteiger partial charge in [-0.25, -0.2) is 17.9 Å². The van der Waals surface area contributed by atoms with Crippen molar-refractivity contribution < 1.29 is 27.9 Å². The molecule has 4 N–H and O–H groups in total. The Hall–Kier alpha value is -3.66. The molecule has 1 fully saturated rings. The van der Waals surface area contributed by atoms with Gasteiger partial charge >= 0.3 is 5.97 Å². The van der Waals surface area contributed by atoms with Gasteiger partial charge in [-0.15, -0.1) is 0 Å². The number of aromatic carboxylic acids is 1. The highest BCUT2D eigenvalue weighted by atomic mass is 32.2. The number of carboxylic acid groups (broad SMARTS) is 1. The van der Waals surface area contributed by atoms with Crippen LogP contribution in [0.3, 0.4) is 0 Å². The molecule has 2 aromatic carbocycles. The van der Waals surface area contributed by atoms with Gasteiger partial charge in [0, 0.05) is 25.2 Å². The minimum Gasteiger partial charge on any atom is -0.478 e. The molecule has 0 spiro atoms. The molecule has 3 atom stereocenters. The lowest BCUT2D eigenvalue weighted by Crippen LogP contribution is -2.29. The van der Waals surface area contributed by atoms with Gasteiger partial charge in [0.25, 0.3) is 10.0 Å². The molecule has 1 saturated carbocycles. The van der Waals surface area contributed by atoms with Gasteiger partial charge in [0.05, 0.1) is 11.3 Å². The molecule has 2 aliphatic carbocycles. The maximum atomic E-state index is 13.1. The third-order valence-corrected chi connectivity index (χ3v) is 7.83. The summed E-state index contributed by atoms with van der Waals surface area (Å²) >= 11 is 0. The molecule has 0 heterocycles. The fraction of sp³-hybridized carbons (Fsp3) is 0.320. The predicted octanol–water partition coefficient (Wildman–Crippen LogP) is 3.67. The third-order valence-electron chi connectivity index (χ3n) is 6.37. The van der Waals surface area contributed by atoms with Gasteiger partial charge in [-0.1, -0.05) is 12.2 Å². The van der Waals surface area contributed by atoms with Crippen LogP contribution in [0.1, 0.15) is 42.6 Å². The van der Waals surface area contributed by atoms with Crippen molar-refractivity contribution in [2.24, 2.45) is 17.8 Å². The monoisotopic (exact) mass is 497 g/mol. The first-order chi connectivity index (χ1) is 16.5. The first kappa shape index (κ1) is 24.5. The Balaban J connectivity index is 1.79. The van der Waals surface area contributed by atoms with Crippen LogP contribution >= 0.6 is 0 Å². The van der Waals surface area contributed by atoms with Crippen LogP contribution in [0.15, 0.2) is 53.4 Å². The van der Waals surface area contributed by atoms with E-state index in [9.17, 15) is 27.9 Å². The predicted molar refractivity (Wildman–Crippen MR) is 131 cm³/mol. The quantitative estimate of drug-likeness (QED) is 0.408. The van der Waals surface area contributed by atoms with Gasteiger partial charge in [0.15, 0.2) is 0 Å². The molecular weight excluding hydrogens is 470 g/mol. The molecule has 4 rings (SSSR count). The van der Waals surface area contributed by atoms with Crippen LogP contribution in [0.5, 0.6) is 0 Å². The van der Waals surface area contributed by atoms with Gasteiger partial charge in [0.1, 0.15) is 4.90 Å². The lowest BCUT2D eigenvalue weighted by molar-refractivity contribution is -0.117. The van der Waals surface area contributed by atoms with Crippen LogP contribution in [0.2, 0.25) is 0 Å². The van der Waals surface area contributed by atoms with Crippen molar-refractivity contribution in [3.05, 3.63) is 59.7 Å². The van der Waals surface area contributed by atoms with E-state index in [1.54, 1.807) is 24.3 Å². The van der Waals surface area contributed by atoms with Crippen molar-refractivity contribution in [3.8, 4) is 0 Å². The lowest BCUT2D eigenvalue weighted by atomic mass is 9.86. The highest BCUT2D eigenvalue weighted by molar-refractivity contribution is 7.90. The number of benzene rings is 2. The number of anilines is 3. The summed E-state index contributed by atoms with van der Waals surface area (Å²) in [7, 11) is -4.35. The Labute approximate surface area is 203 Å². The average molecular weight is 498 g/mol. The molecule has 3 unspecified atom stereocenters. The van der Waals surface area contributed by atoms with Crippen LogP contribution in [0.25, 0.3) is 0 Å². The number of hydrogen-bond donors (Lipinski definition) is 4. The Bertz CT molecular complexity index is 1320. The van der Waals surface area contributed by atoms with Gasteiger partial charge in [-0.2, -0.15) is 0 Å². The molecule has 184 valence electrons. The van der Waals surface area contributed by atoms with E-state index in [0.717, 1.165) is 25.8 Å². The van der Waals surface area contributed by atoms with Gasteiger partial charge in [-0.05, 0) is 79.0 Å². The van der Waals surface area contributed by atoms with Gasteiger partial charge < -0.3 is 15.7 Å². The van der Waals surface area contributed by atoms with E-state index >= 15 is 0 Å². The topological polar surface area (TPSA) is 142 Å². The normalized spacial score (nSPS) is 20.5. The molecule has 0 aromatic heterocycles. The number of carboxylic acids is 1. The number of hydrogen-bond acceptors (Lipinski definition) is 6. The number of amides is 2. The number of allylic oxidation sites excluding steroid dienone is 2. The minimum atomic E-state index is -4.35. The lowest BCUT2D eigenvalue weighted by Gasteiger charge is -2.23. The van der Waals surface area contributed by atoms with E-state index in [1.807, 2.05) is 4.72 Å². The Kier molecular flexibility index (Phi) is 6.66. The Morgan fingerprint density at radius 1 is 0.971 bits per heavy atom. The zero-order valence-corrected chi connectivity index (χ0v) is 20.2. The maximum absolute atomic E-state index is 13.1. The minimum absolute atomic E-state index is 0.172. The van der Waals surface area contributed by atoms with Gasteiger partial charge in [0.2, 0.25) is 11.8 Å². The first-order valence-corrected chi connectivity index (χ1v) is 12.8. The van der Waals surface area contributed by atoms with E-state index in [0.29, 0.717) is 35.2 Å². The average Bonchev–Trinajstić information content (AvgIpc) is 3.38. The van der Waals surface area contributed by atoms with E-state index in [-0.39, 0.29) is 28.0 Å². The molecule has 2 bridgehead atoms. The fourth-order valence-corrected chi connectivity index (χ4v) is 6.17. The van der Waals surface area contributed by atoms with E-state index < -0.39 is 21.9 Å². The van der Waals surface area contributed by atoms with E-state index in [2.05, 4.69) is 22.8 Å². The first-order valence-electron chi connectivity index (χ1n) is 11.3. The summed E-state index contributed by atoms with van der Waals surface area (Å²) in [4.78, 5) is 34.5. The molecule has 9 nitrogen and oxygen atoms in total. The molecule has 2 aliphatic rings. The zero-order chi connectivity index (χ0) is 25.3. The van der Waals surface area contributed by atoms with Crippen molar-refractivity contribution in [2.45, 2.75) is 38.0 Å². The van der Waals surface area contributed by atoms with Crippen molar-refractivity contribution in [1.29, 1.82) is 0 Å². The largest absolute Gasteiger partial charge is 0.478 e. The Morgan fingerprint density at radius 2 is 1.66 bits per heavy atom. The van der Waals surface area contributed by atoms with Crippen molar-refractivity contribution >= 4 is 44.9 Å². The summed E-state index contributed by atoms with van der Waals surface area (Å²) in [6.07, 6.45) is 6.88. The summed E-state index contributed by atoms with van der Waals surface area (Å²) in [5.74, 6) is -1.14. The number of rotatable bonds is 8. The van der Waals surface area contributed by atoms with E-state index in [4.69, 9.17) is 0 Å². The van der Waals surface area contributed by atoms with E-state index in [1.165, 1.54) is 13.0 Å². The number of fused-ring (bicyclic) bond motifs is 2. The summed E-state index contributed by atoms with van der Waals surface area (Å²) in [5.41, 5.74) is 1.71. The Morgan fingerprint density at radius 3 is 2.20 bits per heavy atom. The third kappa shape index (κ3) is 5.54. The second-order valence-corrected chi connectivity index (χ2v) is 10.8. The van der Waals surface area contributed by atoms with Crippen LogP contribution in [-0.2, 0) is 26.0 Å². The van der Waals surface area contributed by atoms with Crippen LogP contribution in [-0.4, -0.2) is 31.3 Å². The van der Waals surface area contributed by atoms with Crippen LogP contribution in [0, 0.1) is 17.8 Å². The summed E-state index contributed by atoms with van der Waals surface area (Å²) < 4.78 is 28.1. The standard InChI is InChI=1S/C25H27N3O6S/c1-14(29)26-21-5-7-22(8-6-21)27-24-19(11-18-10-16-3-4-17(18)9-16)12-20(25(31)32)13-23(24)35(33,34)28-15(2)30/h3-8,12-13,16-18,27H,9-11H2,1-2H3,(H,26,29)(H,28,30)(H,31,32). The highest BCUT2D eigenvalue weighted by Crippen LogP contribution is 2.46. The molecular formula is C25H27N3O6S. The molecule has 2 amide bonds. The van der Waals surface area contributed by atoms with Crippen molar-refractivity contribution in [1.82, 2.24) is 4.72 Å². The van der Waals surface area contributed by atoms with Crippen LogP contribution in [0.4, 0.5) is 17.1 Å². The molecule has 0 radical (unpaired) electrons. The van der Waals surface area contributed by atoms with Crippen molar-refractivity contribution in [2.75, 3.05) is 10.6 Å². The van der Waals surface area contributed by atoms with Crippen molar-refractivity contribution in [3.63, 3.8) is 0 Å². The summed E-state index contributed by atoms with van der Waals surface area (Å²) in [6.45, 7) is 2.47. The molecule has 35 heavy (non-hydrogen) atoms. The second-order valence-electron chi connectivity index (χ2n) is 9.10. The zero-order valence-electron chi connectivity index (χ0n) is 19.4. The number of carbonyl (C=O) groups is 3. The molecule has 0 aliphatic heterocycles. The van der Waals surface area contributed by atoms with Crippen LogP contribution < -0.4 is 15.4 Å². The fourth-order valence-electron chi connectivity index (χ4n) is 4.95. The maximum Gasteiger partial charge on any atom is 0.335 e. The summed E-state index contributed by atoms with van der Waals surface area (Å²) in [5, 5.41) is 15.5. The SMILES string of the molecule is CC(=O)Nc1ccc(Nc2c(CC3CC4C=CC3C4)cc(C(=O)O)cc2S(=O)(=O)NC(C)=O)cc1. The molecule has 10 heteroatoms. The number of carbonyl (C=O) groups excluding carboxylic acids is 2. The molecule has 0 saturated heterocycles. The van der Waals surface area contributed by atoms with Gasteiger partial charge in [-0.3, -0.25) is 9.59 Å². The second kappa shape index (κ2) is 9.53. The highest BCUT2D eigenvalue weighted by Gasteiger charge is 2.36. The molecule has 2 aromatic rings. The smallest absolute Gasteiger partial charge is 0.335 e.